The first kappa shape index (κ1) is 14.2. The fraction of sp³-hybridized carbons (Fsp3) is 0.643. The SMILES string of the molecule is CC1CCC(CNc2ncccc2C(F)(F)F)CC1. The zero-order valence-corrected chi connectivity index (χ0v) is 11.0. The number of rotatable bonds is 3. The summed E-state index contributed by atoms with van der Waals surface area (Å²) in [6.45, 7) is 2.80. The van der Waals surface area contributed by atoms with Crippen LogP contribution in [0.25, 0.3) is 0 Å². The van der Waals surface area contributed by atoms with E-state index in [1.165, 1.54) is 25.1 Å². The average Bonchev–Trinajstić information content (AvgIpc) is 2.37. The number of nitrogens with zero attached hydrogens (tertiary/aromatic N) is 1. The van der Waals surface area contributed by atoms with E-state index in [4.69, 9.17) is 0 Å². The first-order valence-corrected chi connectivity index (χ1v) is 6.73. The van der Waals surface area contributed by atoms with Crippen molar-refractivity contribution in [1.29, 1.82) is 0 Å². The summed E-state index contributed by atoms with van der Waals surface area (Å²) in [5.41, 5.74) is -0.681. The van der Waals surface area contributed by atoms with Crippen LogP contribution in [0.5, 0.6) is 0 Å². The van der Waals surface area contributed by atoms with Crippen molar-refractivity contribution in [2.45, 2.75) is 38.8 Å². The maximum absolute atomic E-state index is 12.8. The van der Waals surface area contributed by atoms with Crippen molar-refractivity contribution in [3.63, 3.8) is 0 Å². The lowest BCUT2D eigenvalue weighted by atomic mass is 9.83. The Labute approximate surface area is 111 Å². The third kappa shape index (κ3) is 3.85. The highest BCUT2D eigenvalue weighted by Crippen LogP contribution is 2.34. The van der Waals surface area contributed by atoms with Gasteiger partial charge >= 0.3 is 6.18 Å². The Hall–Kier alpha value is -1.26. The first-order chi connectivity index (χ1) is 8.97. The maximum Gasteiger partial charge on any atom is 0.419 e. The van der Waals surface area contributed by atoms with Crippen molar-refractivity contribution >= 4 is 5.82 Å². The highest BCUT2D eigenvalue weighted by molar-refractivity contribution is 5.45. The smallest absolute Gasteiger partial charge is 0.369 e. The normalized spacial score (nSPS) is 24.2. The molecule has 0 radical (unpaired) electrons. The quantitative estimate of drug-likeness (QED) is 0.885. The van der Waals surface area contributed by atoms with Crippen LogP contribution in [0.15, 0.2) is 18.3 Å². The molecule has 5 heteroatoms. The average molecular weight is 272 g/mol. The number of anilines is 1. The molecule has 19 heavy (non-hydrogen) atoms. The van der Waals surface area contributed by atoms with E-state index < -0.39 is 11.7 Å². The molecule has 1 aromatic rings. The number of hydrogen-bond acceptors (Lipinski definition) is 2. The molecular weight excluding hydrogens is 253 g/mol. The second-order valence-electron chi connectivity index (χ2n) is 5.40. The summed E-state index contributed by atoms with van der Waals surface area (Å²) in [6.07, 6.45) is 1.55. The third-order valence-corrected chi connectivity index (χ3v) is 3.81. The van der Waals surface area contributed by atoms with Gasteiger partial charge in [-0.25, -0.2) is 4.98 Å². The standard InChI is InChI=1S/C14H19F3N2/c1-10-4-6-11(7-5-10)9-19-13-12(14(15,16)17)3-2-8-18-13/h2-3,8,10-11H,4-7,9H2,1H3,(H,18,19). The van der Waals surface area contributed by atoms with E-state index in [1.54, 1.807) is 0 Å². The zero-order chi connectivity index (χ0) is 13.9. The molecule has 0 saturated heterocycles. The van der Waals surface area contributed by atoms with Crippen molar-refractivity contribution in [2.24, 2.45) is 11.8 Å². The topological polar surface area (TPSA) is 24.9 Å². The Bertz CT molecular complexity index is 409. The van der Waals surface area contributed by atoms with Crippen LogP contribution >= 0.6 is 0 Å². The number of alkyl halides is 3. The molecule has 106 valence electrons. The summed E-state index contributed by atoms with van der Waals surface area (Å²) in [7, 11) is 0. The molecule has 1 aliphatic rings. The van der Waals surface area contributed by atoms with Gasteiger partial charge in [-0.1, -0.05) is 19.8 Å². The molecular formula is C14H19F3N2. The second kappa shape index (κ2) is 5.80. The third-order valence-electron chi connectivity index (χ3n) is 3.81. The minimum absolute atomic E-state index is 0.0476. The van der Waals surface area contributed by atoms with E-state index in [9.17, 15) is 13.2 Å². The van der Waals surface area contributed by atoms with Gasteiger partial charge in [0.05, 0.1) is 5.56 Å². The fourth-order valence-corrected chi connectivity index (χ4v) is 2.55. The molecule has 1 N–H and O–H groups in total. The summed E-state index contributed by atoms with van der Waals surface area (Å²) in [6, 6.07) is 2.38. The largest absolute Gasteiger partial charge is 0.419 e. The van der Waals surface area contributed by atoms with Crippen LogP contribution in [-0.2, 0) is 6.18 Å². The van der Waals surface area contributed by atoms with Crippen LogP contribution in [-0.4, -0.2) is 11.5 Å². The van der Waals surface area contributed by atoms with Gasteiger partial charge in [-0.05, 0) is 36.8 Å². The number of pyridine rings is 1. The van der Waals surface area contributed by atoms with E-state index in [2.05, 4.69) is 17.2 Å². The van der Waals surface area contributed by atoms with Gasteiger partial charge in [-0.15, -0.1) is 0 Å². The van der Waals surface area contributed by atoms with Gasteiger partial charge in [-0.2, -0.15) is 13.2 Å². The highest BCUT2D eigenvalue weighted by Gasteiger charge is 2.34. The van der Waals surface area contributed by atoms with Gasteiger partial charge in [0.2, 0.25) is 0 Å². The minimum atomic E-state index is -4.35. The number of aromatic nitrogens is 1. The van der Waals surface area contributed by atoms with Crippen molar-refractivity contribution in [3.8, 4) is 0 Å². The predicted molar refractivity (Wildman–Crippen MR) is 68.9 cm³/mol. The molecule has 2 nitrogen and oxygen atoms in total. The Kier molecular flexibility index (Phi) is 4.32. The number of nitrogens with one attached hydrogen (secondary N) is 1. The molecule has 1 aliphatic carbocycles. The molecule has 0 spiro atoms. The molecule has 1 aromatic heterocycles. The molecule has 0 atom stereocenters. The van der Waals surface area contributed by atoms with Gasteiger partial charge in [0.25, 0.3) is 0 Å². The van der Waals surface area contributed by atoms with Crippen molar-refractivity contribution < 1.29 is 13.2 Å². The zero-order valence-electron chi connectivity index (χ0n) is 11.0. The lowest BCUT2D eigenvalue weighted by Gasteiger charge is -2.26. The van der Waals surface area contributed by atoms with Crippen molar-refractivity contribution in [2.75, 3.05) is 11.9 Å². The van der Waals surface area contributed by atoms with Crippen LogP contribution in [0.4, 0.5) is 19.0 Å². The monoisotopic (exact) mass is 272 g/mol. The summed E-state index contributed by atoms with van der Waals surface area (Å²) >= 11 is 0. The van der Waals surface area contributed by atoms with Crippen LogP contribution in [0.1, 0.15) is 38.2 Å². The summed E-state index contributed by atoms with van der Waals surface area (Å²) in [5.74, 6) is 1.16. The Balaban J connectivity index is 1.96. The van der Waals surface area contributed by atoms with Gasteiger partial charge in [0, 0.05) is 12.7 Å². The van der Waals surface area contributed by atoms with Crippen LogP contribution in [0.3, 0.4) is 0 Å². The number of halogens is 3. The molecule has 1 fully saturated rings. The molecule has 1 heterocycles. The van der Waals surface area contributed by atoms with Gasteiger partial charge in [-0.3, -0.25) is 0 Å². The van der Waals surface area contributed by atoms with Gasteiger partial charge in [0.1, 0.15) is 5.82 Å². The molecule has 0 amide bonds. The van der Waals surface area contributed by atoms with Gasteiger partial charge < -0.3 is 5.32 Å². The van der Waals surface area contributed by atoms with Gasteiger partial charge in [0.15, 0.2) is 0 Å². The summed E-state index contributed by atoms with van der Waals surface area (Å²) in [5, 5.41) is 2.87. The molecule has 1 saturated carbocycles. The molecule has 0 bridgehead atoms. The lowest BCUT2D eigenvalue weighted by Crippen LogP contribution is -2.22. The van der Waals surface area contributed by atoms with Crippen molar-refractivity contribution in [3.05, 3.63) is 23.9 Å². The number of hydrogen-bond donors (Lipinski definition) is 1. The van der Waals surface area contributed by atoms with E-state index in [0.717, 1.165) is 24.8 Å². The fourth-order valence-electron chi connectivity index (χ4n) is 2.55. The molecule has 0 unspecified atom stereocenters. The van der Waals surface area contributed by atoms with Crippen molar-refractivity contribution in [1.82, 2.24) is 4.98 Å². The predicted octanol–water partition coefficient (Wildman–Crippen LogP) is 4.34. The van der Waals surface area contributed by atoms with E-state index in [0.29, 0.717) is 12.5 Å². The second-order valence-corrected chi connectivity index (χ2v) is 5.40. The summed E-state index contributed by atoms with van der Waals surface area (Å²) in [4.78, 5) is 3.81. The minimum Gasteiger partial charge on any atom is -0.369 e. The maximum atomic E-state index is 12.8. The van der Waals surface area contributed by atoms with E-state index in [-0.39, 0.29) is 5.82 Å². The van der Waals surface area contributed by atoms with Crippen LogP contribution in [0.2, 0.25) is 0 Å². The molecule has 0 aliphatic heterocycles. The van der Waals surface area contributed by atoms with Crippen LogP contribution in [0, 0.1) is 11.8 Å². The summed E-state index contributed by atoms with van der Waals surface area (Å²) < 4.78 is 38.4. The highest BCUT2D eigenvalue weighted by atomic mass is 19.4. The Morgan fingerprint density at radius 3 is 2.58 bits per heavy atom. The van der Waals surface area contributed by atoms with E-state index in [1.807, 2.05) is 0 Å². The van der Waals surface area contributed by atoms with Crippen LogP contribution < -0.4 is 5.32 Å². The Morgan fingerprint density at radius 2 is 1.95 bits per heavy atom. The first-order valence-electron chi connectivity index (χ1n) is 6.73. The van der Waals surface area contributed by atoms with E-state index >= 15 is 0 Å². The Morgan fingerprint density at radius 1 is 1.26 bits per heavy atom. The lowest BCUT2D eigenvalue weighted by molar-refractivity contribution is -0.137. The molecule has 0 aromatic carbocycles. The molecule has 2 rings (SSSR count).